The summed E-state index contributed by atoms with van der Waals surface area (Å²) < 4.78 is 27.2. The first kappa shape index (κ1) is 24.3. The first-order valence-electron chi connectivity index (χ1n) is 10.6. The van der Waals surface area contributed by atoms with Crippen LogP contribution in [0.15, 0.2) is 66.4 Å². The Hall–Kier alpha value is -3.36. The second-order valence-electron chi connectivity index (χ2n) is 7.84. The van der Waals surface area contributed by atoms with E-state index in [4.69, 9.17) is 5.11 Å². The van der Waals surface area contributed by atoms with Crippen molar-refractivity contribution in [1.29, 1.82) is 0 Å². The third kappa shape index (κ3) is 6.57. The molecular formula is C25H25F2NO5. The van der Waals surface area contributed by atoms with Crippen molar-refractivity contribution in [1.82, 2.24) is 4.90 Å². The van der Waals surface area contributed by atoms with Crippen LogP contribution in [0.1, 0.15) is 36.8 Å². The van der Waals surface area contributed by atoms with Crippen molar-refractivity contribution in [2.24, 2.45) is 0 Å². The number of carboxylic acid groups (broad SMARTS) is 1. The van der Waals surface area contributed by atoms with E-state index in [1.54, 1.807) is 29.2 Å². The Morgan fingerprint density at radius 3 is 2.00 bits per heavy atom. The number of aliphatic hydroxyl groups excluding tert-OH is 2. The molecule has 3 N–H and O–H groups in total. The topological polar surface area (TPSA) is 98.1 Å². The number of aliphatic hydroxyl groups is 2. The molecule has 8 heteroatoms. The van der Waals surface area contributed by atoms with E-state index < -0.39 is 36.2 Å². The van der Waals surface area contributed by atoms with Gasteiger partial charge in [-0.3, -0.25) is 9.59 Å². The summed E-state index contributed by atoms with van der Waals surface area (Å²) >= 11 is 0. The summed E-state index contributed by atoms with van der Waals surface area (Å²) in [6.07, 6.45) is 0.767. The third-order valence-corrected chi connectivity index (χ3v) is 5.29. The zero-order chi connectivity index (χ0) is 24.0. The molecule has 1 amide bonds. The molecule has 2 aromatic carbocycles. The number of allylic oxidation sites excluding steroid dienone is 1. The largest absolute Gasteiger partial charge is 0.481 e. The van der Waals surface area contributed by atoms with Crippen molar-refractivity contribution in [3.63, 3.8) is 0 Å². The maximum atomic E-state index is 13.6. The monoisotopic (exact) mass is 457 g/mol. The van der Waals surface area contributed by atoms with Crippen LogP contribution in [-0.4, -0.2) is 50.8 Å². The average molecular weight is 457 g/mol. The summed E-state index contributed by atoms with van der Waals surface area (Å²) in [5.74, 6) is -2.18. The molecule has 174 valence electrons. The Morgan fingerprint density at radius 2 is 1.55 bits per heavy atom. The van der Waals surface area contributed by atoms with E-state index in [1.165, 1.54) is 36.4 Å². The van der Waals surface area contributed by atoms with E-state index in [-0.39, 0.29) is 12.3 Å². The highest BCUT2D eigenvalue weighted by atomic mass is 19.1. The van der Waals surface area contributed by atoms with Crippen LogP contribution in [0.2, 0.25) is 0 Å². The minimum absolute atomic E-state index is 0.128. The molecule has 0 aromatic heterocycles. The lowest BCUT2D eigenvalue weighted by Crippen LogP contribution is -2.25. The summed E-state index contributed by atoms with van der Waals surface area (Å²) in [5, 5.41) is 28.9. The highest BCUT2D eigenvalue weighted by molar-refractivity contribution is 5.89. The maximum absolute atomic E-state index is 13.6. The number of carbonyl (C=O) groups is 2. The van der Waals surface area contributed by atoms with Crippen molar-refractivity contribution in [2.75, 3.05) is 6.54 Å². The number of rotatable bonds is 9. The van der Waals surface area contributed by atoms with Crippen molar-refractivity contribution < 1.29 is 33.7 Å². The Kier molecular flexibility index (Phi) is 8.08. The van der Waals surface area contributed by atoms with Gasteiger partial charge in [0.2, 0.25) is 5.91 Å². The highest BCUT2D eigenvalue weighted by Crippen LogP contribution is 2.32. The van der Waals surface area contributed by atoms with Gasteiger partial charge in [0.05, 0.1) is 24.3 Å². The Morgan fingerprint density at radius 1 is 1.00 bits per heavy atom. The van der Waals surface area contributed by atoms with Crippen LogP contribution in [0.25, 0.3) is 5.57 Å². The van der Waals surface area contributed by atoms with E-state index in [2.05, 4.69) is 0 Å². The number of benzene rings is 2. The molecule has 1 saturated heterocycles. The van der Waals surface area contributed by atoms with Crippen molar-refractivity contribution in [2.45, 2.75) is 37.9 Å². The Labute approximate surface area is 190 Å². The Balaban J connectivity index is 2.09. The van der Waals surface area contributed by atoms with Crippen LogP contribution in [0.4, 0.5) is 8.78 Å². The molecule has 0 spiro atoms. The van der Waals surface area contributed by atoms with Gasteiger partial charge in [-0.2, -0.15) is 0 Å². The van der Waals surface area contributed by atoms with Crippen LogP contribution in [0, 0.1) is 11.6 Å². The van der Waals surface area contributed by atoms with Gasteiger partial charge >= 0.3 is 5.97 Å². The van der Waals surface area contributed by atoms with Crippen LogP contribution in [-0.2, 0) is 9.59 Å². The lowest BCUT2D eigenvalue weighted by molar-refractivity contribution is -0.139. The molecule has 33 heavy (non-hydrogen) atoms. The molecule has 1 heterocycles. The fraction of sp³-hybridized carbons (Fsp3) is 0.280. The van der Waals surface area contributed by atoms with Gasteiger partial charge in [-0.05, 0) is 47.9 Å². The minimum atomic E-state index is -1.24. The molecule has 0 bridgehead atoms. The molecule has 0 saturated carbocycles. The number of amides is 1. The maximum Gasteiger partial charge on any atom is 0.305 e. The van der Waals surface area contributed by atoms with Crippen LogP contribution >= 0.6 is 0 Å². The summed E-state index contributed by atoms with van der Waals surface area (Å²) in [7, 11) is 0. The molecule has 0 aliphatic carbocycles. The number of carboxylic acids is 1. The predicted octanol–water partition coefficient (Wildman–Crippen LogP) is 3.49. The SMILES string of the molecule is O=C(O)CC(O)CC(O)/C=C/C(=C(c1ccc(F)cc1)c1ccc(F)cc1)N1CCCC1=O. The van der Waals surface area contributed by atoms with Gasteiger partial charge < -0.3 is 20.2 Å². The molecule has 2 atom stereocenters. The fourth-order valence-electron chi connectivity index (χ4n) is 3.75. The second kappa shape index (κ2) is 11.0. The summed E-state index contributed by atoms with van der Waals surface area (Å²) in [4.78, 5) is 24.9. The van der Waals surface area contributed by atoms with Crippen molar-refractivity contribution >= 4 is 17.4 Å². The van der Waals surface area contributed by atoms with Gasteiger partial charge in [0.15, 0.2) is 0 Å². The zero-order valence-electron chi connectivity index (χ0n) is 17.8. The van der Waals surface area contributed by atoms with Crippen molar-refractivity contribution in [3.8, 4) is 0 Å². The molecule has 1 aliphatic rings. The van der Waals surface area contributed by atoms with E-state index in [9.17, 15) is 28.6 Å². The number of likely N-dealkylation sites (tertiary alicyclic amines) is 1. The van der Waals surface area contributed by atoms with Gasteiger partial charge in [-0.15, -0.1) is 0 Å². The molecule has 6 nitrogen and oxygen atoms in total. The van der Waals surface area contributed by atoms with E-state index in [0.29, 0.717) is 41.8 Å². The zero-order valence-corrected chi connectivity index (χ0v) is 17.8. The molecule has 1 fully saturated rings. The van der Waals surface area contributed by atoms with Crippen LogP contribution < -0.4 is 0 Å². The number of aliphatic carboxylic acids is 1. The number of hydrogen-bond acceptors (Lipinski definition) is 4. The summed E-state index contributed by atoms with van der Waals surface area (Å²) in [6.45, 7) is 0.433. The molecule has 2 aromatic rings. The van der Waals surface area contributed by atoms with Crippen LogP contribution in [0.3, 0.4) is 0 Å². The highest BCUT2D eigenvalue weighted by Gasteiger charge is 2.26. The first-order valence-corrected chi connectivity index (χ1v) is 10.6. The first-order chi connectivity index (χ1) is 15.7. The molecule has 2 unspecified atom stereocenters. The smallest absolute Gasteiger partial charge is 0.305 e. The minimum Gasteiger partial charge on any atom is -0.481 e. The molecule has 3 rings (SSSR count). The van der Waals surface area contributed by atoms with Gasteiger partial charge in [0.25, 0.3) is 0 Å². The molecule has 1 aliphatic heterocycles. The number of hydrogen-bond donors (Lipinski definition) is 3. The lowest BCUT2D eigenvalue weighted by Gasteiger charge is -2.23. The lowest BCUT2D eigenvalue weighted by atomic mass is 9.94. The standard InChI is InChI=1S/C25H25F2NO5/c26-18-7-3-16(4-8-18)25(17-5-9-19(27)10-6-17)22(28-13-1-2-23(28)31)12-11-20(29)14-21(30)15-24(32)33/h3-12,20-21,29-30H,1-2,13-15H2,(H,32,33)/b12-11+. The van der Waals surface area contributed by atoms with E-state index in [1.807, 2.05) is 0 Å². The molecule has 0 radical (unpaired) electrons. The fourth-order valence-corrected chi connectivity index (χ4v) is 3.75. The number of halogens is 2. The third-order valence-electron chi connectivity index (χ3n) is 5.29. The van der Waals surface area contributed by atoms with Gasteiger partial charge in [-0.1, -0.05) is 30.3 Å². The normalized spacial score (nSPS) is 15.6. The van der Waals surface area contributed by atoms with Crippen LogP contribution in [0.5, 0.6) is 0 Å². The van der Waals surface area contributed by atoms with Gasteiger partial charge in [0, 0.05) is 25.0 Å². The summed E-state index contributed by atoms with van der Waals surface area (Å²) in [6, 6.07) is 11.3. The number of carbonyl (C=O) groups excluding carboxylic acids is 1. The number of nitrogens with zero attached hydrogens (tertiary/aromatic N) is 1. The molecular weight excluding hydrogens is 432 g/mol. The Bertz CT molecular complexity index is 1000. The van der Waals surface area contributed by atoms with Gasteiger partial charge in [0.1, 0.15) is 11.6 Å². The summed E-state index contributed by atoms with van der Waals surface area (Å²) in [5.41, 5.74) is 2.15. The predicted molar refractivity (Wildman–Crippen MR) is 118 cm³/mol. The van der Waals surface area contributed by atoms with Crippen molar-refractivity contribution in [3.05, 3.63) is 89.1 Å². The quantitative estimate of drug-likeness (QED) is 0.501. The average Bonchev–Trinajstić information content (AvgIpc) is 3.18. The van der Waals surface area contributed by atoms with E-state index >= 15 is 0 Å². The second-order valence-corrected chi connectivity index (χ2v) is 7.84. The van der Waals surface area contributed by atoms with E-state index in [0.717, 1.165) is 0 Å². The van der Waals surface area contributed by atoms with Gasteiger partial charge in [-0.25, -0.2) is 8.78 Å².